The van der Waals surface area contributed by atoms with E-state index in [9.17, 15) is 14.3 Å². The number of anilines is 3. The first kappa shape index (κ1) is 29.8. The number of hydrogen-bond acceptors (Lipinski definition) is 8. The van der Waals surface area contributed by atoms with Gasteiger partial charge >= 0.3 is 5.97 Å². The van der Waals surface area contributed by atoms with E-state index < -0.39 is 17.2 Å². The highest BCUT2D eigenvalue weighted by atomic mass is 19.1. The molecule has 1 aliphatic rings. The van der Waals surface area contributed by atoms with Crippen LogP contribution in [0.5, 0.6) is 11.5 Å². The van der Waals surface area contributed by atoms with Gasteiger partial charge in [0.05, 0.1) is 31.0 Å². The average Bonchev–Trinajstić information content (AvgIpc) is 2.99. The molecule has 0 bridgehead atoms. The van der Waals surface area contributed by atoms with Crippen molar-refractivity contribution in [2.24, 2.45) is 5.41 Å². The summed E-state index contributed by atoms with van der Waals surface area (Å²) in [6, 6.07) is 17.7. The molecule has 224 valence electrons. The lowest BCUT2D eigenvalue weighted by molar-refractivity contribution is -0.146. The van der Waals surface area contributed by atoms with Crippen molar-refractivity contribution < 1.29 is 23.8 Å². The highest BCUT2D eigenvalue weighted by Gasteiger charge is 2.28. The summed E-state index contributed by atoms with van der Waals surface area (Å²) in [5.41, 5.74) is 0.553. The molecule has 43 heavy (non-hydrogen) atoms. The van der Waals surface area contributed by atoms with Gasteiger partial charge in [-0.25, -0.2) is 14.4 Å². The first-order valence-corrected chi connectivity index (χ1v) is 14.4. The van der Waals surface area contributed by atoms with Gasteiger partial charge in [0, 0.05) is 12.1 Å². The van der Waals surface area contributed by atoms with E-state index in [-0.39, 0.29) is 11.8 Å². The van der Waals surface area contributed by atoms with Crippen molar-refractivity contribution >= 4 is 23.4 Å². The number of rotatable bonds is 11. The van der Waals surface area contributed by atoms with Crippen LogP contribution in [0.3, 0.4) is 0 Å². The van der Waals surface area contributed by atoms with Crippen molar-refractivity contribution in [1.29, 1.82) is 0 Å². The van der Waals surface area contributed by atoms with Crippen LogP contribution in [0.25, 0.3) is 11.3 Å². The smallest absolute Gasteiger partial charge is 0.309 e. The summed E-state index contributed by atoms with van der Waals surface area (Å²) in [6.45, 7) is 7.31. The molecular weight excluding hydrogens is 549 g/mol. The van der Waals surface area contributed by atoms with E-state index >= 15 is 0 Å². The number of ether oxygens (including phenoxy) is 2. The molecule has 1 fully saturated rings. The van der Waals surface area contributed by atoms with Crippen LogP contribution < -0.4 is 19.7 Å². The van der Waals surface area contributed by atoms with E-state index in [2.05, 4.69) is 20.2 Å². The second-order valence-corrected chi connectivity index (χ2v) is 11.2. The van der Waals surface area contributed by atoms with E-state index in [1.165, 1.54) is 6.07 Å². The minimum Gasteiger partial charge on any atom is -0.490 e. The summed E-state index contributed by atoms with van der Waals surface area (Å²) < 4.78 is 27.0. The van der Waals surface area contributed by atoms with Crippen LogP contribution in [-0.4, -0.2) is 51.8 Å². The molecule has 2 aromatic heterocycles. The van der Waals surface area contributed by atoms with Crippen LogP contribution in [0.2, 0.25) is 0 Å². The Morgan fingerprint density at radius 2 is 1.88 bits per heavy atom. The van der Waals surface area contributed by atoms with Gasteiger partial charge in [-0.3, -0.25) is 9.78 Å². The molecule has 9 nitrogen and oxygen atoms in total. The van der Waals surface area contributed by atoms with Crippen LogP contribution in [0.15, 0.2) is 73.1 Å². The molecule has 1 atom stereocenters. The summed E-state index contributed by atoms with van der Waals surface area (Å²) >= 11 is 0. The molecule has 0 saturated carbocycles. The van der Waals surface area contributed by atoms with Gasteiger partial charge in [0.15, 0.2) is 17.3 Å². The van der Waals surface area contributed by atoms with Crippen LogP contribution in [0.1, 0.15) is 39.2 Å². The lowest BCUT2D eigenvalue weighted by Crippen LogP contribution is -2.41. The minimum absolute atomic E-state index is 0.0352. The van der Waals surface area contributed by atoms with Crippen molar-refractivity contribution in [3.05, 3.63) is 84.4 Å². The maximum atomic E-state index is 14.9. The molecular formula is C33H36FN5O4. The quantitative estimate of drug-likeness (QED) is 0.203. The Labute approximate surface area is 250 Å². The molecule has 4 aromatic rings. The van der Waals surface area contributed by atoms with Crippen molar-refractivity contribution in [2.75, 3.05) is 29.9 Å². The van der Waals surface area contributed by atoms with Crippen molar-refractivity contribution in [3.8, 4) is 22.8 Å². The molecule has 2 aromatic carbocycles. The number of piperidine rings is 1. The Hall–Kier alpha value is -4.73. The predicted octanol–water partition coefficient (Wildman–Crippen LogP) is 6.52. The normalized spacial score (nSPS) is 15.2. The summed E-state index contributed by atoms with van der Waals surface area (Å²) in [5.74, 6) is 1.67. The molecule has 1 saturated heterocycles. The first-order chi connectivity index (χ1) is 20.7. The largest absolute Gasteiger partial charge is 0.490 e. The third kappa shape index (κ3) is 7.38. The number of para-hydroxylation sites is 2. The Morgan fingerprint density at radius 1 is 1.07 bits per heavy atom. The molecule has 0 radical (unpaired) electrons. The average molecular weight is 586 g/mol. The van der Waals surface area contributed by atoms with Crippen LogP contribution in [0, 0.1) is 11.2 Å². The number of aromatic nitrogens is 3. The first-order valence-electron chi connectivity index (χ1n) is 14.4. The number of benzene rings is 2. The summed E-state index contributed by atoms with van der Waals surface area (Å²) in [7, 11) is 0. The third-order valence-corrected chi connectivity index (χ3v) is 7.29. The summed E-state index contributed by atoms with van der Waals surface area (Å²) in [5, 5.41) is 12.7. The fourth-order valence-electron chi connectivity index (χ4n) is 5.07. The van der Waals surface area contributed by atoms with Gasteiger partial charge in [0.1, 0.15) is 29.3 Å². The molecule has 0 spiro atoms. The maximum absolute atomic E-state index is 14.9. The zero-order valence-electron chi connectivity index (χ0n) is 24.6. The highest BCUT2D eigenvalue weighted by Crippen LogP contribution is 2.31. The summed E-state index contributed by atoms with van der Waals surface area (Å²) in [6.07, 6.45) is 5.44. The monoisotopic (exact) mass is 585 g/mol. The van der Waals surface area contributed by atoms with Gasteiger partial charge in [-0.15, -0.1) is 0 Å². The summed E-state index contributed by atoms with van der Waals surface area (Å²) in [4.78, 5) is 27.4. The topological polar surface area (TPSA) is 110 Å². The van der Waals surface area contributed by atoms with E-state index in [1.807, 2.05) is 37.3 Å². The second kappa shape index (κ2) is 13.1. The van der Waals surface area contributed by atoms with E-state index in [4.69, 9.17) is 14.5 Å². The fraction of sp³-hybridized carbons (Fsp3) is 0.333. The number of carboxylic acid groups (broad SMARTS) is 1. The third-order valence-electron chi connectivity index (χ3n) is 7.29. The van der Waals surface area contributed by atoms with Crippen LogP contribution in [-0.2, 0) is 11.2 Å². The number of nitrogens with one attached hydrogen (secondary N) is 1. The predicted molar refractivity (Wildman–Crippen MR) is 164 cm³/mol. The van der Waals surface area contributed by atoms with Crippen molar-refractivity contribution in [3.63, 3.8) is 0 Å². The Balaban J connectivity index is 1.30. The van der Waals surface area contributed by atoms with Crippen LogP contribution >= 0.6 is 0 Å². The number of nitrogens with zero attached hydrogens (tertiary/aromatic N) is 4. The minimum atomic E-state index is -0.952. The van der Waals surface area contributed by atoms with E-state index in [0.717, 1.165) is 36.4 Å². The maximum Gasteiger partial charge on any atom is 0.309 e. The zero-order chi connectivity index (χ0) is 30.4. The Bertz CT molecular complexity index is 1580. The molecule has 1 aliphatic heterocycles. The molecule has 10 heteroatoms. The van der Waals surface area contributed by atoms with Crippen LogP contribution in [0.4, 0.5) is 21.8 Å². The Kier molecular flexibility index (Phi) is 9.04. The zero-order valence-corrected chi connectivity index (χ0v) is 24.6. The van der Waals surface area contributed by atoms with Crippen molar-refractivity contribution in [2.45, 2.75) is 46.1 Å². The van der Waals surface area contributed by atoms with Crippen molar-refractivity contribution in [1.82, 2.24) is 15.0 Å². The molecule has 5 rings (SSSR count). The molecule has 3 heterocycles. The number of halogens is 1. The number of pyridine rings is 1. The van der Waals surface area contributed by atoms with Gasteiger partial charge in [-0.1, -0.05) is 30.3 Å². The number of carboxylic acids is 1. The van der Waals surface area contributed by atoms with Gasteiger partial charge < -0.3 is 24.8 Å². The standard InChI is InChI=1S/C33H36FN5O4/c1-4-42-26-12-5-6-13-27(26)43-24-11-8-16-39(21-24)30-20-35-19-29(37-30)36-28-15-14-25(34)31(38-28)23-10-7-9-22(17-23)18-33(2,3)32(40)41/h5-7,9-10,12-15,17,19-20,24H,4,8,11,16,18,21H2,1-3H3,(H,40,41)(H,36,37,38)/t24-/m1/s1. The number of carbonyl (C=O) groups is 1. The van der Waals surface area contributed by atoms with Gasteiger partial charge in [-0.2, -0.15) is 0 Å². The lowest BCUT2D eigenvalue weighted by Gasteiger charge is -2.33. The van der Waals surface area contributed by atoms with E-state index in [0.29, 0.717) is 42.6 Å². The van der Waals surface area contributed by atoms with Gasteiger partial charge in [0.25, 0.3) is 0 Å². The number of hydrogen-bond donors (Lipinski definition) is 2. The second-order valence-electron chi connectivity index (χ2n) is 11.2. The number of aliphatic carboxylic acids is 1. The molecule has 0 unspecified atom stereocenters. The van der Waals surface area contributed by atoms with Gasteiger partial charge in [-0.05, 0) is 75.9 Å². The molecule has 0 aliphatic carbocycles. The lowest BCUT2D eigenvalue weighted by atomic mass is 9.85. The Morgan fingerprint density at radius 3 is 2.67 bits per heavy atom. The molecule has 2 N–H and O–H groups in total. The van der Waals surface area contributed by atoms with Gasteiger partial charge in [0.2, 0.25) is 0 Å². The highest BCUT2D eigenvalue weighted by molar-refractivity contribution is 5.74. The van der Waals surface area contributed by atoms with E-state index in [1.54, 1.807) is 50.5 Å². The SMILES string of the molecule is CCOc1ccccc1O[C@@H]1CCCN(c2cncc(Nc3ccc(F)c(-c4cccc(CC(C)(C)C(=O)O)c4)n3)n2)C1. The fourth-order valence-corrected chi connectivity index (χ4v) is 5.07. The molecule has 0 amide bonds.